The van der Waals surface area contributed by atoms with Crippen LogP contribution in [0.2, 0.25) is 0 Å². The van der Waals surface area contributed by atoms with Crippen molar-refractivity contribution in [1.29, 1.82) is 0 Å². The molecule has 0 saturated heterocycles. The fourth-order valence-corrected chi connectivity index (χ4v) is 9.21. The maximum absolute atomic E-state index is 5.59. The van der Waals surface area contributed by atoms with E-state index in [2.05, 4.69) is 250 Å². The molecule has 15 nitrogen and oxygen atoms in total. The van der Waals surface area contributed by atoms with Crippen molar-refractivity contribution in [1.82, 2.24) is 49.2 Å². The summed E-state index contributed by atoms with van der Waals surface area (Å²) in [6, 6.07) is 21.0. The second-order valence-corrected chi connectivity index (χ2v) is 28.1. The molecule has 10 rings (SSSR count). The third-order valence-electron chi connectivity index (χ3n) is 12.9. The topological polar surface area (TPSA) is 215 Å². The summed E-state index contributed by atoms with van der Waals surface area (Å²) in [6.45, 7) is 52.3. The van der Waals surface area contributed by atoms with Crippen molar-refractivity contribution >= 4 is 45.5 Å². The van der Waals surface area contributed by atoms with Crippen molar-refractivity contribution in [3.05, 3.63) is 167 Å². The van der Waals surface area contributed by atoms with Gasteiger partial charge in [-0.2, -0.15) is 23.9 Å². The van der Waals surface area contributed by atoms with Crippen LogP contribution in [0, 0.1) is 12.3 Å². The van der Waals surface area contributed by atoms with Crippen LogP contribution in [-0.2, 0) is 32.5 Å². The normalized spacial score (nSPS) is 12.5. The number of pyridine rings is 2. The summed E-state index contributed by atoms with van der Waals surface area (Å²) < 4.78 is 23.9. The second-order valence-electron chi connectivity index (χ2n) is 27.6. The van der Waals surface area contributed by atoms with Crippen molar-refractivity contribution in [3.8, 4) is 11.6 Å². The van der Waals surface area contributed by atoms with Gasteiger partial charge in [-0.25, -0.2) is 9.97 Å². The van der Waals surface area contributed by atoms with Crippen molar-refractivity contribution in [2.75, 3.05) is 24.7 Å². The third kappa shape index (κ3) is 25.0. The largest absolute Gasteiger partial charge is 0.484 e. The average Bonchev–Trinajstić information content (AvgIpc) is 1.63. The molecular weight excluding hydrogens is 1110 g/mol. The Kier molecular flexibility index (Phi) is 32.2. The number of aromatic nitrogens is 9. The first-order chi connectivity index (χ1) is 38.3. The Morgan fingerprint density at radius 2 is 1.11 bits per heavy atom. The number of imidazole rings is 1. The molecule has 2 aliphatic heterocycles. The SMILES string of the molecule is C.C.C.C.C.C=C1NC=CC=C1C(C)(C)C.CC(C)(C)c1cccc2[nH]cnc12.CC(C)(C)c1cccc2cccnc12.CC(C)(C)c1ccnc2c1OCCO2.CC(C)(C)c1coc(N)n1.CC(C)(C)c1nsnc1N.Cc1nnccc1C(C)(C)C. The first kappa shape index (κ1) is 82.6. The summed E-state index contributed by atoms with van der Waals surface area (Å²) in [6.07, 6.45) is 14.7. The summed E-state index contributed by atoms with van der Waals surface area (Å²) in [7, 11) is 0. The molecule has 488 valence electrons. The molecule has 88 heavy (non-hydrogen) atoms. The zero-order chi connectivity index (χ0) is 62.4. The molecule has 2 aromatic carbocycles. The van der Waals surface area contributed by atoms with E-state index in [-0.39, 0.29) is 81.1 Å². The Morgan fingerprint density at radius 3 is 1.57 bits per heavy atom. The maximum atomic E-state index is 5.59. The number of aromatic amines is 1. The highest BCUT2D eigenvalue weighted by atomic mass is 32.1. The number of rotatable bonds is 0. The highest BCUT2D eigenvalue weighted by Gasteiger charge is 2.26. The number of dihydropyridines is 1. The van der Waals surface area contributed by atoms with E-state index in [0.29, 0.717) is 24.9 Å². The van der Waals surface area contributed by atoms with Gasteiger partial charge in [0, 0.05) is 52.3 Å². The molecule has 8 aromatic rings. The van der Waals surface area contributed by atoms with Crippen LogP contribution in [0.25, 0.3) is 21.9 Å². The van der Waals surface area contributed by atoms with Gasteiger partial charge >= 0.3 is 0 Å². The summed E-state index contributed by atoms with van der Waals surface area (Å²) >= 11 is 1.17. The fourth-order valence-electron chi connectivity index (χ4n) is 8.54. The van der Waals surface area contributed by atoms with Gasteiger partial charge in [-0.05, 0) is 86.6 Å². The molecule has 16 heteroatoms. The molecular formula is C72H116N12O3S. The number of hydrogen-bond donors (Lipinski definition) is 4. The first-order valence-electron chi connectivity index (χ1n) is 28.3. The van der Waals surface area contributed by atoms with Gasteiger partial charge in [-0.3, -0.25) is 4.98 Å². The fraction of sp³-hybridized carbons (Fsp3) is 0.500. The zero-order valence-electron chi connectivity index (χ0n) is 53.9. The van der Waals surface area contributed by atoms with E-state index in [1.807, 2.05) is 43.6 Å². The van der Waals surface area contributed by atoms with Crippen molar-refractivity contribution in [3.63, 3.8) is 0 Å². The number of nitrogens with zero attached hydrogens (tertiary/aromatic N) is 8. The standard InChI is InChI=1S/C13H15N.C11H14N2.C11H15NO2.C10H15N.C9H14N2.C7H12N2O.C6H11N3S.5CH4/c1-13(2,3)11-8-4-6-10-7-5-9-14-12(10)11;1-11(2,3)8-5-4-6-9-10(8)13-7-12-9;1-11(2,3)8-4-5-12-10-9(8)13-6-7-14-10;1-8-9(10(2,3)4)6-5-7-11-8;1-7-8(9(2,3)4)5-6-10-11-7;1-7(2,3)5-4-10-6(8)9-5;1-6(2,3)4-5(7)9-10-8-4;;;;;/h4-9H,1-3H3;4-7H,1-3H3,(H,12,13);4-5H,6-7H2,1-3H3;5-7,11H,1H2,2-4H3;5-6H,1-4H3;4H,1-3H3,(H2,8,9);1-3H3,(H2,7,9);5*1H4. The first-order valence-corrected chi connectivity index (χ1v) is 29.0. The monoisotopic (exact) mass is 1230 g/mol. The molecule has 0 aliphatic carbocycles. The number of oxazole rings is 1. The molecule has 0 saturated carbocycles. The lowest BCUT2D eigenvalue weighted by Crippen LogP contribution is -2.21. The predicted molar refractivity (Wildman–Crippen MR) is 380 cm³/mol. The van der Waals surface area contributed by atoms with Gasteiger partial charge in [0.05, 0.1) is 46.0 Å². The van der Waals surface area contributed by atoms with Gasteiger partial charge in [0.15, 0.2) is 11.6 Å². The minimum Gasteiger partial charge on any atom is -0.484 e. The van der Waals surface area contributed by atoms with Crippen LogP contribution in [0.1, 0.15) is 222 Å². The van der Waals surface area contributed by atoms with Gasteiger partial charge in [0.25, 0.3) is 11.9 Å². The van der Waals surface area contributed by atoms with Crippen LogP contribution >= 0.6 is 11.7 Å². The molecule has 0 unspecified atom stereocenters. The van der Waals surface area contributed by atoms with Crippen molar-refractivity contribution < 1.29 is 13.9 Å². The van der Waals surface area contributed by atoms with Gasteiger partial charge in [-0.15, -0.1) is 0 Å². The second kappa shape index (κ2) is 34.3. The molecule has 2 aliphatic rings. The summed E-state index contributed by atoms with van der Waals surface area (Å²) in [5, 5.41) is 12.1. The van der Waals surface area contributed by atoms with E-state index in [1.165, 1.54) is 39.4 Å². The third-order valence-corrected chi connectivity index (χ3v) is 13.5. The van der Waals surface area contributed by atoms with E-state index in [1.54, 1.807) is 25.0 Å². The predicted octanol–water partition coefficient (Wildman–Crippen LogP) is 19.4. The number of benzene rings is 2. The van der Waals surface area contributed by atoms with Gasteiger partial charge in [0.2, 0.25) is 0 Å². The Morgan fingerprint density at radius 1 is 0.557 bits per heavy atom. The number of nitrogens with one attached hydrogen (secondary N) is 2. The lowest BCUT2D eigenvalue weighted by Gasteiger charge is -2.26. The van der Waals surface area contributed by atoms with Gasteiger partial charge in [0.1, 0.15) is 25.2 Å². The number of anilines is 2. The van der Waals surface area contributed by atoms with Gasteiger partial charge < -0.3 is 35.7 Å². The van der Waals surface area contributed by atoms with Crippen LogP contribution < -0.4 is 26.3 Å². The van der Waals surface area contributed by atoms with Crippen LogP contribution in [0.3, 0.4) is 0 Å². The number of H-pyrrole nitrogens is 1. The molecule has 0 fully saturated rings. The van der Waals surface area contributed by atoms with Crippen LogP contribution in [0.15, 0.2) is 132 Å². The Bertz CT molecular complexity index is 3390. The van der Waals surface area contributed by atoms with Crippen LogP contribution in [0.4, 0.5) is 11.8 Å². The number of aryl methyl sites for hydroxylation is 1. The molecule has 8 heterocycles. The summed E-state index contributed by atoms with van der Waals surface area (Å²) in [4.78, 5) is 20.0. The van der Waals surface area contributed by atoms with Crippen LogP contribution in [-0.4, -0.2) is 57.1 Å². The molecule has 6 aromatic heterocycles. The smallest absolute Gasteiger partial charge is 0.292 e. The van der Waals surface area contributed by atoms with E-state index in [4.69, 9.17) is 25.4 Å². The molecule has 0 bridgehead atoms. The van der Waals surface area contributed by atoms with Crippen molar-refractivity contribution in [2.45, 2.75) is 222 Å². The highest BCUT2D eigenvalue weighted by molar-refractivity contribution is 6.99. The summed E-state index contributed by atoms with van der Waals surface area (Å²) in [5.74, 6) is 2.01. The van der Waals surface area contributed by atoms with E-state index < -0.39 is 0 Å². The number of hydrogen-bond acceptors (Lipinski definition) is 15. The van der Waals surface area contributed by atoms with Gasteiger partial charge in [-0.1, -0.05) is 232 Å². The Hall–Kier alpha value is -7.46. The van der Waals surface area contributed by atoms with E-state index in [9.17, 15) is 0 Å². The summed E-state index contributed by atoms with van der Waals surface area (Å²) in [5.41, 5.74) is 25.2. The average molecular weight is 1230 g/mol. The quantitative estimate of drug-likeness (QED) is 0.111. The number of ether oxygens (including phenoxy) is 2. The number of allylic oxidation sites excluding steroid dienone is 3. The van der Waals surface area contributed by atoms with Crippen LogP contribution in [0.5, 0.6) is 11.6 Å². The Labute approximate surface area is 536 Å². The number of fused-ring (bicyclic) bond motifs is 3. The molecule has 0 atom stereocenters. The van der Waals surface area contributed by atoms with Crippen molar-refractivity contribution in [2.24, 2.45) is 5.41 Å². The molecule has 0 spiro atoms. The molecule has 0 radical (unpaired) electrons. The number of nitrogen functional groups attached to an aromatic ring is 2. The Balaban J connectivity index is 0. The van der Waals surface area contributed by atoms with E-state index >= 15 is 0 Å². The lowest BCUT2D eigenvalue weighted by atomic mass is 9.84. The number of nitrogens with two attached hydrogens (primary N) is 2. The minimum absolute atomic E-state index is 0. The lowest BCUT2D eigenvalue weighted by molar-refractivity contribution is 0.161. The highest BCUT2D eigenvalue weighted by Crippen LogP contribution is 2.38. The minimum atomic E-state index is 0. The van der Waals surface area contributed by atoms with E-state index in [0.717, 1.165) is 50.6 Å². The maximum Gasteiger partial charge on any atom is 0.292 e. The zero-order valence-corrected chi connectivity index (χ0v) is 54.7. The molecule has 0 amide bonds. The number of para-hydroxylation sites is 2. The molecule has 6 N–H and O–H groups in total.